The Labute approximate surface area is 129 Å². The fourth-order valence-corrected chi connectivity index (χ4v) is 3.43. The van der Waals surface area contributed by atoms with Crippen LogP contribution in [0.3, 0.4) is 0 Å². The summed E-state index contributed by atoms with van der Waals surface area (Å²) in [6.45, 7) is 0.278. The molecule has 22 heavy (non-hydrogen) atoms. The standard InChI is InChI=1S/C16H20N2O4/c1-18-15(21)17-14(20)16(18)8-7-12(9-16)13(19)22-10-11-5-3-2-4-6-11/h3,5-6,12H,2,4,7-10H2,1H3,(H,17,20,21)/t12-,16?/m1/s1. The summed E-state index contributed by atoms with van der Waals surface area (Å²) in [7, 11) is 1.60. The first-order chi connectivity index (χ1) is 10.5. The van der Waals surface area contributed by atoms with Crippen LogP contribution in [0, 0.1) is 5.92 Å². The summed E-state index contributed by atoms with van der Waals surface area (Å²) in [4.78, 5) is 37.3. The maximum absolute atomic E-state index is 12.2. The van der Waals surface area contributed by atoms with Crippen molar-refractivity contribution < 1.29 is 19.1 Å². The SMILES string of the molecule is CN1C(=O)NC(=O)C12CC[C@@H](C(=O)OCC1=CCCC=C1)C2. The number of carbonyl (C=O) groups is 3. The van der Waals surface area contributed by atoms with Crippen LogP contribution < -0.4 is 5.32 Å². The molecule has 0 aromatic rings. The Morgan fingerprint density at radius 3 is 2.91 bits per heavy atom. The van der Waals surface area contributed by atoms with Crippen molar-refractivity contribution in [2.45, 2.75) is 37.6 Å². The van der Waals surface area contributed by atoms with Crippen molar-refractivity contribution in [3.8, 4) is 0 Å². The molecule has 0 aromatic heterocycles. The lowest BCUT2D eigenvalue weighted by molar-refractivity contribution is -0.147. The summed E-state index contributed by atoms with van der Waals surface area (Å²) in [5.74, 6) is -0.905. The number of imide groups is 1. The van der Waals surface area contributed by atoms with Gasteiger partial charge in [-0.15, -0.1) is 0 Å². The van der Waals surface area contributed by atoms with Crippen molar-refractivity contribution in [3.63, 3.8) is 0 Å². The molecule has 6 nitrogen and oxygen atoms in total. The average Bonchev–Trinajstić information content (AvgIpc) is 3.06. The maximum Gasteiger partial charge on any atom is 0.324 e. The molecule has 2 atom stereocenters. The molecule has 3 rings (SSSR count). The molecule has 2 aliphatic carbocycles. The minimum Gasteiger partial charge on any atom is -0.461 e. The lowest BCUT2D eigenvalue weighted by Gasteiger charge is -2.27. The summed E-state index contributed by atoms with van der Waals surface area (Å²) in [5, 5.41) is 2.32. The Morgan fingerprint density at radius 1 is 1.45 bits per heavy atom. The van der Waals surface area contributed by atoms with E-state index in [-0.39, 0.29) is 24.4 Å². The van der Waals surface area contributed by atoms with E-state index in [9.17, 15) is 14.4 Å². The molecule has 0 radical (unpaired) electrons. The molecule has 1 heterocycles. The average molecular weight is 304 g/mol. The molecule has 1 saturated heterocycles. The maximum atomic E-state index is 12.2. The van der Waals surface area contributed by atoms with E-state index in [4.69, 9.17) is 4.74 Å². The highest BCUT2D eigenvalue weighted by molar-refractivity contribution is 6.07. The van der Waals surface area contributed by atoms with Gasteiger partial charge in [0, 0.05) is 7.05 Å². The molecule has 118 valence electrons. The van der Waals surface area contributed by atoms with Gasteiger partial charge in [-0.05, 0) is 37.7 Å². The summed E-state index contributed by atoms with van der Waals surface area (Å²) in [6, 6.07) is -0.392. The molecule has 3 aliphatic rings. The Morgan fingerprint density at radius 2 is 2.27 bits per heavy atom. The number of hydrogen-bond donors (Lipinski definition) is 1. The smallest absolute Gasteiger partial charge is 0.324 e. The van der Waals surface area contributed by atoms with E-state index in [1.165, 1.54) is 4.90 Å². The van der Waals surface area contributed by atoms with Crippen LogP contribution in [0.15, 0.2) is 23.8 Å². The summed E-state index contributed by atoms with van der Waals surface area (Å²) in [5.41, 5.74) is 0.142. The van der Waals surface area contributed by atoms with E-state index in [0.29, 0.717) is 19.3 Å². The highest BCUT2D eigenvalue weighted by atomic mass is 16.5. The fraction of sp³-hybridized carbons (Fsp3) is 0.562. The van der Waals surface area contributed by atoms with Crippen molar-refractivity contribution in [2.24, 2.45) is 5.92 Å². The van der Waals surface area contributed by atoms with E-state index in [2.05, 4.69) is 17.5 Å². The minimum atomic E-state index is -0.870. The number of urea groups is 1. The molecular formula is C16H20N2O4. The third-order valence-electron chi connectivity index (χ3n) is 4.87. The van der Waals surface area contributed by atoms with Crippen molar-refractivity contribution >= 4 is 17.9 Å². The number of likely N-dealkylation sites (N-methyl/N-ethyl adjacent to an activating group) is 1. The van der Waals surface area contributed by atoms with Gasteiger partial charge in [-0.3, -0.25) is 14.9 Å². The molecule has 2 fully saturated rings. The zero-order valence-electron chi connectivity index (χ0n) is 12.6. The number of carbonyl (C=O) groups excluding carboxylic acids is 3. The van der Waals surface area contributed by atoms with Crippen molar-refractivity contribution in [1.82, 2.24) is 10.2 Å². The number of amides is 3. The van der Waals surface area contributed by atoms with Gasteiger partial charge in [0.15, 0.2) is 0 Å². The van der Waals surface area contributed by atoms with Gasteiger partial charge in [0.2, 0.25) is 0 Å². The van der Waals surface area contributed by atoms with E-state index in [1.54, 1.807) is 7.05 Å². The van der Waals surface area contributed by atoms with Gasteiger partial charge < -0.3 is 9.64 Å². The number of ether oxygens (including phenoxy) is 1. The second-order valence-electron chi connectivity index (χ2n) is 6.16. The van der Waals surface area contributed by atoms with Gasteiger partial charge in [-0.25, -0.2) is 4.79 Å². The first-order valence-electron chi connectivity index (χ1n) is 7.64. The van der Waals surface area contributed by atoms with E-state index in [1.807, 2.05) is 6.08 Å². The quantitative estimate of drug-likeness (QED) is 0.633. The van der Waals surface area contributed by atoms with Crippen molar-refractivity contribution in [2.75, 3.05) is 13.7 Å². The number of hydrogen-bond acceptors (Lipinski definition) is 4. The second-order valence-corrected chi connectivity index (χ2v) is 6.16. The zero-order chi connectivity index (χ0) is 15.7. The van der Waals surface area contributed by atoms with Crippen LogP contribution >= 0.6 is 0 Å². The molecular weight excluding hydrogens is 284 g/mol. The number of nitrogens with zero attached hydrogens (tertiary/aromatic N) is 1. The van der Waals surface area contributed by atoms with Gasteiger partial charge in [0.1, 0.15) is 12.1 Å². The summed E-state index contributed by atoms with van der Waals surface area (Å²) < 4.78 is 5.37. The Hall–Kier alpha value is -2.11. The molecule has 1 saturated carbocycles. The third kappa shape index (κ3) is 2.42. The minimum absolute atomic E-state index is 0.278. The zero-order valence-corrected chi connectivity index (χ0v) is 12.6. The third-order valence-corrected chi connectivity index (χ3v) is 4.87. The molecule has 3 amide bonds. The normalized spacial score (nSPS) is 30.7. The van der Waals surface area contributed by atoms with Gasteiger partial charge in [-0.2, -0.15) is 0 Å². The first-order valence-corrected chi connectivity index (χ1v) is 7.64. The van der Waals surface area contributed by atoms with Crippen LogP contribution in [-0.4, -0.2) is 42.0 Å². The molecule has 0 aromatic carbocycles. The van der Waals surface area contributed by atoms with Crippen LogP contribution in [0.25, 0.3) is 0 Å². The van der Waals surface area contributed by atoms with E-state index >= 15 is 0 Å². The summed E-state index contributed by atoms with van der Waals surface area (Å²) in [6.07, 6.45) is 9.53. The van der Waals surface area contributed by atoms with Gasteiger partial charge in [0.25, 0.3) is 5.91 Å². The van der Waals surface area contributed by atoms with Crippen molar-refractivity contribution in [1.29, 1.82) is 0 Å². The second kappa shape index (κ2) is 5.59. The topological polar surface area (TPSA) is 75.7 Å². The molecule has 6 heteroatoms. The fourth-order valence-electron chi connectivity index (χ4n) is 3.43. The monoisotopic (exact) mass is 304 g/mol. The Bertz CT molecular complexity index is 581. The van der Waals surface area contributed by atoms with E-state index < -0.39 is 11.6 Å². The number of nitrogens with one attached hydrogen (secondary N) is 1. The molecule has 1 spiro atoms. The van der Waals surface area contributed by atoms with Crippen LogP contribution in [0.1, 0.15) is 32.1 Å². The highest BCUT2D eigenvalue weighted by Crippen LogP contribution is 2.41. The number of rotatable bonds is 3. The molecule has 0 bridgehead atoms. The summed E-state index contributed by atoms with van der Waals surface area (Å²) >= 11 is 0. The van der Waals surface area contributed by atoms with E-state index in [0.717, 1.165) is 18.4 Å². The van der Waals surface area contributed by atoms with Crippen molar-refractivity contribution in [3.05, 3.63) is 23.8 Å². The van der Waals surface area contributed by atoms with Crippen LogP contribution in [-0.2, 0) is 14.3 Å². The highest BCUT2D eigenvalue weighted by Gasteiger charge is 2.56. The van der Waals surface area contributed by atoms with Crippen LogP contribution in [0.5, 0.6) is 0 Å². The molecule has 1 N–H and O–H groups in total. The predicted octanol–water partition coefficient (Wildman–Crippen LogP) is 1.53. The van der Waals surface area contributed by atoms with Crippen LogP contribution in [0.4, 0.5) is 4.79 Å². The molecule has 1 unspecified atom stereocenters. The van der Waals surface area contributed by atoms with Gasteiger partial charge in [0.05, 0.1) is 5.92 Å². The van der Waals surface area contributed by atoms with Gasteiger partial charge in [-0.1, -0.05) is 18.2 Å². The number of esters is 1. The lowest BCUT2D eigenvalue weighted by atomic mass is 9.95. The van der Waals surface area contributed by atoms with Crippen LogP contribution in [0.2, 0.25) is 0 Å². The lowest BCUT2D eigenvalue weighted by Crippen LogP contribution is -2.45. The van der Waals surface area contributed by atoms with Gasteiger partial charge >= 0.3 is 12.0 Å². The largest absolute Gasteiger partial charge is 0.461 e. The Kier molecular flexibility index (Phi) is 3.76. The predicted molar refractivity (Wildman–Crippen MR) is 78.8 cm³/mol. The number of allylic oxidation sites excluding steroid dienone is 2. The Balaban J connectivity index is 1.59. The molecule has 1 aliphatic heterocycles. The first kappa shape index (κ1) is 14.8.